The molecule has 0 saturated carbocycles. The molecule has 1 aromatic heterocycles. The molecule has 0 spiro atoms. The summed E-state index contributed by atoms with van der Waals surface area (Å²) in [6, 6.07) is 2.96. The second kappa shape index (κ2) is 4.08. The molecule has 1 aromatic rings. The van der Waals surface area contributed by atoms with Gasteiger partial charge in [-0.05, 0) is 28.1 Å². The number of carboxylic acids is 1. The molecule has 1 rings (SSSR count). The number of amides is 1. The number of nitrogens with one attached hydrogen (secondary N) is 1. The van der Waals surface area contributed by atoms with Gasteiger partial charge in [0.1, 0.15) is 0 Å². The van der Waals surface area contributed by atoms with Crippen LogP contribution in [0.5, 0.6) is 0 Å². The maximum Gasteiger partial charge on any atom is 0.287 e. The molecule has 0 aromatic carbocycles. The average molecular weight is 247 g/mol. The number of carbonyl (C=O) groups is 2. The molecule has 1 N–H and O–H groups in total. The maximum absolute atomic E-state index is 11.0. The first kappa shape index (κ1) is 9.79. The fourth-order valence-corrected chi connectivity index (χ4v) is 0.982. The Kier molecular flexibility index (Phi) is 3.07. The van der Waals surface area contributed by atoms with Crippen molar-refractivity contribution in [2.75, 3.05) is 6.54 Å². The molecule has 13 heavy (non-hydrogen) atoms. The van der Waals surface area contributed by atoms with E-state index in [1.807, 2.05) is 0 Å². The minimum absolute atomic E-state index is 0.0492. The van der Waals surface area contributed by atoms with E-state index >= 15 is 0 Å². The molecule has 0 aliphatic rings. The van der Waals surface area contributed by atoms with E-state index < -0.39 is 18.4 Å². The van der Waals surface area contributed by atoms with Crippen LogP contribution in [0.1, 0.15) is 10.6 Å². The molecule has 0 atom stereocenters. The van der Waals surface area contributed by atoms with E-state index in [2.05, 4.69) is 21.2 Å². The standard InChI is InChI=1S/C7H6BrNO4/c8-5-2-1-4(13-5)7(12)9-3-6(10)11/h1-2H,3H2,(H,9,12)(H,10,11)/p-1. The minimum atomic E-state index is -1.35. The Morgan fingerprint density at radius 1 is 1.54 bits per heavy atom. The van der Waals surface area contributed by atoms with Gasteiger partial charge in [-0.25, -0.2) is 0 Å². The SMILES string of the molecule is O=C([O-])CNC(=O)c1ccc(Br)o1. The molecule has 0 aliphatic carbocycles. The van der Waals surface area contributed by atoms with Crippen molar-refractivity contribution in [2.24, 2.45) is 0 Å². The number of hydrogen-bond donors (Lipinski definition) is 1. The lowest BCUT2D eigenvalue weighted by molar-refractivity contribution is -0.303. The van der Waals surface area contributed by atoms with Crippen LogP contribution < -0.4 is 10.4 Å². The zero-order valence-corrected chi connectivity index (χ0v) is 7.96. The van der Waals surface area contributed by atoms with E-state index in [4.69, 9.17) is 4.42 Å². The third-order valence-electron chi connectivity index (χ3n) is 1.19. The van der Waals surface area contributed by atoms with Gasteiger partial charge in [0.15, 0.2) is 10.4 Å². The van der Waals surface area contributed by atoms with Crippen LogP contribution in [0.3, 0.4) is 0 Å². The van der Waals surface area contributed by atoms with E-state index in [-0.39, 0.29) is 5.76 Å². The lowest BCUT2D eigenvalue weighted by Gasteiger charge is -2.02. The second-order valence-electron chi connectivity index (χ2n) is 2.16. The number of carbonyl (C=O) groups excluding carboxylic acids is 2. The lowest BCUT2D eigenvalue weighted by atomic mass is 10.4. The average Bonchev–Trinajstić information content (AvgIpc) is 2.47. The number of carboxylic acid groups (broad SMARTS) is 1. The first-order chi connectivity index (χ1) is 6.09. The molecule has 0 fully saturated rings. The molecule has 1 heterocycles. The summed E-state index contributed by atoms with van der Waals surface area (Å²) >= 11 is 3.01. The summed E-state index contributed by atoms with van der Waals surface area (Å²) in [5.74, 6) is -1.89. The molecule has 1 amide bonds. The monoisotopic (exact) mass is 246 g/mol. The number of halogens is 1. The summed E-state index contributed by atoms with van der Waals surface area (Å²) in [6.07, 6.45) is 0. The van der Waals surface area contributed by atoms with Crippen LogP contribution in [0, 0.1) is 0 Å². The van der Waals surface area contributed by atoms with Gasteiger partial charge in [0.2, 0.25) is 0 Å². The van der Waals surface area contributed by atoms with Gasteiger partial charge >= 0.3 is 0 Å². The molecule has 0 unspecified atom stereocenters. The van der Waals surface area contributed by atoms with Gasteiger partial charge in [0, 0.05) is 0 Å². The largest absolute Gasteiger partial charge is 0.548 e. The minimum Gasteiger partial charge on any atom is -0.548 e. The highest BCUT2D eigenvalue weighted by atomic mass is 79.9. The summed E-state index contributed by atoms with van der Waals surface area (Å²) in [5.41, 5.74) is 0. The Balaban J connectivity index is 2.54. The van der Waals surface area contributed by atoms with Gasteiger partial charge in [-0.3, -0.25) is 4.79 Å². The molecule has 0 aliphatic heterocycles. The number of furan rings is 1. The van der Waals surface area contributed by atoms with Crippen LogP contribution in [-0.2, 0) is 4.79 Å². The van der Waals surface area contributed by atoms with E-state index in [0.717, 1.165) is 0 Å². The topological polar surface area (TPSA) is 82.4 Å². The molecule has 0 saturated heterocycles. The van der Waals surface area contributed by atoms with E-state index in [1.54, 1.807) is 0 Å². The molecule has 6 heteroatoms. The quantitative estimate of drug-likeness (QED) is 0.782. The summed E-state index contributed by atoms with van der Waals surface area (Å²) < 4.78 is 5.28. The zero-order valence-electron chi connectivity index (χ0n) is 6.37. The Hall–Kier alpha value is -1.30. The Morgan fingerprint density at radius 2 is 2.23 bits per heavy atom. The van der Waals surface area contributed by atoms with Crippen molar-refractivity contribution in [3.8, 4) is 0 Å². The van der Waals surface area contributed by atoms with Gasteiger partial charge < -0.3 is 19.6 Å². The highest BCUT2D eigenvalue weighted by molar-refractivity contribution is 9.10. The zero-order chi connectivity index (χ0) is 9.84. The molecular weight excluding hydrogens is 242 g/mol. The predicted molar refractivity (Wildman–Crippen MR) is 43.7 cm³/mol. The normalized spacial score (nSPS) is 9.62. The van der Waals surface area contributed by atoms with E-state index in [9.17, 15) is 14.7 Å². The van der Waals surface area contributed by atoms with Crippen molar-refractivity contribution in [1.29, 1.82) is 0 Å². The van der Waals surface area contributed by atoms with Crippen molar-refractivity contribution in [2.45, 2.75) is 0 Å². The smallest absolute Gasteiger partial charge is 0.287 e. The first-order valence-corrected chi connectivity index (χ1v) is 4.12. The fraction of sp³-hybridized carbons (Fsp3) is 0.143. The van der Waals surface area contributed by atoms with Crippen LogP contribution in [0.25, 0.3) is 0 Å². The number of rotatable bonds is 3. The van der Waals surface area contributed by atoms with Crippen molar-refractivity contribution in [1.82, 2.24) is 5.32 Å². The Bertz CT molecular complexity index is 333. The Morgan fingerprint density at radius 3 is 2.69 bits per heavy atom. The van der Waals surface area contributed by atoms with Gasteiger partial charge in [-0.1, -0.05) is 0 Å². The third-order valence-corrected chi connectivity index (χ3v) is 1.62. The molecular formula is C7H5BrNO4-. The van der Waals surface area contributed by atoms with Crippen LogP contribution in [-0.4, -0.2) is 18.4 Å². The summed E-state index contributed by atoms with van der Waals surface area (Å²) in [5, 5.41) is 12.1. The highest BCUT2D eigenvalue weighted by Gasteiger charge is 2.08. The summed E-state index contributed by atoms with van der Waals surface area (Å²) in [6.45, 7) is -0.531. The van der Waals surface area contributed by atoms with Gasteiger partial charge in [0.05, 0.1) is 12.5 Å². The van der Waals surface area contributed by atoms with Gasteiger partial charge in [-0.2, -0.15) is 0 Å². The van der Waals surface area contributed by atoms with Crippen molar-refractivity contribution in [3.05, 3.63) is 22.6 Å². The number of hydrogen-bond acceptors (Lipinski definition) is 4. The third kappa shape index (κ3) is 2.90. The van der Waals surface area contributed by atoms with Crippen LogP contribution in [0.2, 0.25) is 0 Å². The van der Waals surface area contributed by atoms with Crippen molar-refractivity contribution < 1.29 is 19.1 Å². The van der Waals surface area contributed by atoms with Crippen molar-refractivity contribution in [3.63, 3.8) is 0 Å². The van der Waals surface area contributed by atoms with Crippen LogP contribution in [0.15, 0.2) is 21.2 Å². The van der Waals surface area contributed by atoms with Crippen LogP contribution >= 0.6 is 15.9 Å². The second-order valence-corrected chi connectivity index (χ2v) is 2.94. The van der Waals surface area contributed by atoms with Crippen LogP contribution in [0.4, 0.5) is 0 Å². The molecule has 5 nitrogen and oxygen atoms in total. The molecule has 0 bridgehead atoms. The fourth-order valence-electron chi connectivity index (χ4n) is 0.676. The van der Waals surface area contributed by atoms with Gasteiger partial charge in [-0.15, -0.1) is 0 Å². The molecule has 0 radical (unpaired) electrons. The summed E-state index contributed by atoms with van der Waals surface area (Å²) in [7, 11) is 0. The maximum atomic E-state index is 11.0. The van der Waals surface area contributed by atoms with Gasteiger partial charge in [0.25, 0.3) is 5.91 Å². The highest BCUT2D eigenvalue weighted by Crippen LogP contribution is 2.13. The first-order valence-electron chi connectivity index (χ1n) is 3.33. The predicted octanol–water partition coefficient (Wildman–Crippen LogP) is -0.478. The van der Waals surface area contributed by atoms with Crippen molar-refractivity contribution >= 4 is 27.8 Å². The van der Waals surface area contributed by atoms with E-state index in [0.29, 0.717) is 4.67 Å². The summed E-state index contributed by atoms with van der Waals surface area (Å²) in [4.78, 5) is 21.0. The lowest BCUT2D eigenvalue weighted by Crippen LogP contribution is -2.37. The Labute approximate surface area is 81.9 Å². The van der Waals surface area contributed by atoms with E-state index in [1.165, 1.54) is 12.1 Å². The number of aliphatic carboxylic acids is 1. The molecule has 70 valence electrons.